The minimum atomic E-state index is -1.83. The second-order valence-corrected chi connectivity index (χ2v) is 19.6. The number of imidazole rings is 1. The average Bonchev–Trinajstić information content (AvgIpc) is 4.43. The fraction of sp³-hybridized carbons (Fsp3) is 0.520. The summed E-state index contributed by atoms with van der Waals surface area (Å²) in [5.41, 5.74) is 24.0. The Morgan fingerprint density at radius 1 is 0.695 bits per heavy atom. The number of aliphatic hydroxyl groups excluding tert-OH is 1. The quantitative estimate of drug-likeness (QED) is 0.0151. The van der Waals surface area contributed by atoms with Crippen LogP contribution in [0.2, 0.25) is 0 Å². The molecule has 0 saturated carbocycles. The number of H-pyrrole nitrogens is 2. The highest BCUT2D eigenvalue weighted by atomic mass is 16.4. The van der Waals surface area contributed by atoms with Crippen LogP contribution in [-0.2, 0) is 70.4 Å². The first-order valence-corrected chi connectivity index (χ1v) is 26.1. The van der Waals surface area contributed by atoms with E-state index in [1.165, 1.54) is 19.4 Å². The molecule has 0 spiro atoms. The van der Waals surface area contributed by atoms with Gasteiger partial charge < -0.3 is 95.4 Å². The Hall–Kier alpha value is -9.20. The smallest absolute Gasteiger partial charge is 0.328 e. The van der Waals surface area contributed by atoms with Crippen LogP contribution in [0.5, 0.6) is 0 Å². The van der Waals surface area contributed by atoms with Crippen LogP contribution >= 0.6 is 0 Å². The first kappa shape index (κ1) is 65.3. The number of carbonyl (C=O) groups is 12. The van der Waals surface area contributed by atoms with Crippen molar-refractivity contribution in [2.24, 2.45) is 27.9 Å². The molecule has 1 aliphatic rings. The maximum Gasteiger partial charge on any atom is 0.328 e. The van der Waals surface area contributed by atoms with Crippen LogP contribution in [0.4, 0.5) is 0 Å². The van der Waals surface area contributed by atoms with Crippen LogP contribution in [0.3, 0.4) is 0 Å². The number of primary amides is 1. The largest absolute Gasteiger partial charge is 0.481 e. The molecule has 2 aromatic heterocycles. The number of aliphatic hydroxyl groups is 1. The molecule has 1 aliphatic heterocycles. The SMILES string of the molecule is C[C@H](NC(=O)[C@H](CCCN=C(N)N)NC(=O)[C@@H]1CCCN1C(=O)[C@H](CCC(N)=O)NC(=O)[C@H](Cc1c[nH]c2ccccc12)NC(=O)[C@H](Cc1cnc[nH]1)NC(=O)[C@@H](N)CCC(=O)O)C(=O)N[C@@H](CCC(=O)O)C(=O)N[C@H](C(=O)O)[C@@H](C)O. The van der Waals surface area contributed by atoms with Crippen molar-refractivity contribution in [2.45, 2.75) is 151 Å². The molecule has 3 aromatic rings. The van der Waals surface area contributed by atoms with Gasteiger partial charge in [0.25, 0.3) is 0 Å². The molecule has 3 heterocycles. The highest BCUT2D eigenvalue weighted by Gasteiger charge is 2.41. The van der Waals surface area contributed by atoms with Gasteiger partial charge in [0.1, 0.15) is 42.3 Å². The van der Waals surface area contributed by atoms with Gasteiger partial charge in [0.2, 0.25) is 53.2 Å². The summed E-state index contributed by atoms with van der Waals surface area (Å²) in [5.74, 6) is -12.9. The Bertz CT molecular complexity index is 2800. The second-order valence-electron chi connectivity index (χ2n) is 19.6. The average molecular weight is 1150 g/mol. The molecular formula is C50H72N16O16. The summed E-state index contributed by atoms with van der Waals surface area (Å²) >= 11 is 0. The lowest BCUT2D eigenvalue weighted by Crippen LogP contribution is -2.60. The Labute approximate surface area is 468 Å². The molecule has 0 bridgehead atoms. The summed E-state index contributed by atoms with van der Waals surface area (Å²) in [5, 5.41) is 55.5. The number of fused-ring (bicyclic) bond motifs is 1. The number of hydrogen-bond donors (Lipinski definition) is 17. The fourth-order valence-corrected chi connectivity index (χ4v) is 8.73. The molecule has 1 saturated heterocycles. The lowest BCUT2D eigenvalue weighted by Gasteiger charge is -2.31. The van der Waals surface area contributed by atoms with Crippen molar-refractivity contribution in [1.29, 1.82) is 0 Å². The third kappa shape index (κ3) is 20.5. The Morgan fingerprint density at radius 2 is 1.28 bits per heavy atom. The van der Waals surface area contributed by atoms with Crippen molar-refractivity contribution in [3.05, 3.63) is 54.2 Å². The number of amides is 9. The number of aliphatic imine (C=N–C) groups is 1. The highest BCUT2D eigenvalue weighted by Crippen LogP contribution is 2.22. The number of carboxylic acids is 3. The number of likely N-dealkylation sites (tertiary alicyclic amines) is 1. The number of nitrogens with one attached hydrogen (secondary N) is 9. The summed E-state index contributed by atoms with van der Waals surface area (Å²) in [4.78, 5) is 173. The van der Waals surface area contributed by atoms with E-state index in [1.54, 1.807) is 30.5 Å². The van der Waals surface area contributed by atoms with E-state index in [0.717, 1.165) is 11.8 Å². The number of carbonyl (C=O) groups excluding carboxylic acids is 9. The van der Waals surface area contributed by atoms with E-state index >= 15 is 0 Å². The number of aliphatic carboxylic acids is 3. The van der Waals surface area contributed by atoms with Crippen LogP contribution in [-0.4, -0.2) is 191 Å². The summed E-state index contributed by atoms with van der Waals surface area (Å²) < 4.78 is 0. The number of para-hydroxylation sites is 1. The van der Waals surface area contributed by atoms with Gasteiger partial charge in [-0.3, -0.25) is 57.7 Å². The molecule has 82 heavy (non-hydrogen) atoms. The minimum Gasteiger partial charge on any atom is -0.481 e. The van der Waals surface area contributed by atoms with Gasteiger partial charge in [-0.1, -0.05) is 18.2 Å². The first-order chi connectivity index (χ1) is 38.7. The lowest BCUT2D eigenvalue weighted by atomic mass is 10.0. The van der Waals surface area contributed by atoms with E-state index in [4.69, 9.17) is 28.0 Å². The zero-order valence-corrected chi connectivity index (χ0v) is 45.1. The van der Waals surface area contributed by atoms with Crippen LogP contribution in [0.15, 0.2) is 48.0 Å². The predicted molar refractivity (Wildman–Crippen MR) is 288 cm³/mol. The van der Waals surface area contributed by atoms with Crippen molar-refractivity contribution in [3.8, 4) is 0 Å². The summed E-state index contributed by atoms with van der Waals surface area (Å²) in [6.07, 6.45) is -0.214. The zero-order chi connectivity index (χ0) is 60.8. The normalized spacial score (nSPS) is 16.2. The number of aromatic nitrogens is 3. The number of rotatable bonds is 34. The molecule has 9 amide bonds. The third-order valence-corrected chi connectivity index (χ3v) is 13.1. The Balaban J connectivity index is 1.60. The zero-order valence-electron chi connectivity index (χ0n) is 45.1. The number of nitrogens with zero attached hydrogens (tertiary/aromatic N) is 3. The molecule has 0 aliphatic carbocycles. The van der Waals surface area contributed by atoms with Gasteiger partial charge in [0.15, 0.2) is 12.0 Å². The number of guanidine groups is 1. The van der Waals surface area contributed by atoms with E-state index in [1.807, 2.05) is 5.32 Å². The molecule has 32 nitrogen and oxygen atoms in total. The van der Waals surface area contributed by atoms with E-state index in [2.05, 4.69) is 51.8 Å². The van der Waals surface area contributed by atoms with Gasteiger partial charge in [-0.25, -0.2) is 9.78 Å². The van der Waals surface area contributed by atoms with E-state index in [0.29, 0.717) is 22.2 Å². The Kier molecular flexibility index (Phi) is 25.1. The summed E-state index contributed by atoms with van der Waals surface area (Å²) in [7, 11) is 0. The number of hydrogen-bond acceptors (Lipinski definition) is 16. The van der Waals surface area contributed by atoms with Gasteiger partial charge in [-0.05, 0) is 70.4 Å². The molecule has 1 fully saturated rings. The van der Waals surface area contributed by atoms with Gasteiger partial charge in [-0.2, -0.15) is 0 Å². The molecular weight excluding hydrogens is 1080 g/mol. The van der Waals surface area contributed by atoms with Gasteiger partial charge in [0.05, 0.1) is 18.5 Å². The lowest BCUT2D eigenvalue weighted by molar-refractivity contribution is -0.145. The van der Waals surface area contributed by atoms with E-state index < -0.39 is 157 Å². The standard InChI is InChI=1S/C50H72N16O16/c1-24(41(73)60-32(13-16-39(71)72)44(76)65-40(25(2)67)49(81)82)59-43(75)31(9-5-17-56-50(53)54)61-47(79)36-10-6-18-66(36)48(80)33(12-14-37(52)68)62-45(77)34(19-26-21-57-30-8-4-3-7-28(26)30)64-46(78)35(20-27-22-55-23-58-27)63-42(74)29(51)11-15-38(69)70/h3-4,7-8,21-25,29,31-36,40,57,67H,5-6,9-20,51H2,1-2H3,(H2,52,68)(H,55,58)(H,59,75)(H,60,73)(H,61,79)(H,62,77)(H,63,74)(H,64,78)(H,65,76)(H,69,70)(H,71,72)(H,81,82)(H4,53,54,56)/t24-,25+,29-,31-,32-,33-,34-,35-,36-,40-/m0/s1. The topological polar surface area (TPSA) is 534 Å². The molecule has 21 N–H and O–H groups in total. The van der Waals surface area contributed by atoms with Crippen molar-refractivity contribution >= 4 is 87.9 Å². The Morgan fingerprint density at radius 3 is 1.90 bits per heavy atom. The van der Waals surface area contributed by atoms with Crippen molar-refractivity contribution < 1.29 is 78.0 Å². The van der Waals surface area contributed by atoms with Gasteiger partial charge in [0, 0.05) is 74.2 Å². The fourth-order valence-electron chi connectivity index (χ4n) is 8.73. The van der Waals surface area contributed by atoms with Crippen LogP contribution in [0.1, 0.15) is 89.3 Å². The second kappa shape index (κ2) is 31.6. The third-order valence-electron chi connectivity index (χ3n) is 13.1. The van der Waals surface area contributed by atoms with Crippen LogP contribution < -0.4 is 60.2 Å². The van der Waals surface area contributed by atoms with Crippen molar-refractivity contribution in [1.82, 2.24) is 57.1 Å². The summed E-state index contributed by atoms with van der Waals surface area (Å²) in [6, 6.07) is -6.51. The molecule has 1 aromatic carbocycles. The van der Waals surface area contributed by atoms with Crippen LogP contribution in [0, 0.1) is 0 Å². The number of aromatic amines is 2. The molecule has 10 atom stereocenters. The minimum absolute atomic E-state index is 0.0263. The number of nitrogens with two attached hydrogens (primary N) is 4. The highest BCUT2D eigenvalue weighted by molar-refractivity contribution is 5.99. The van der Waals surface area contributed by atoms with E-state index in [-0.39, 0.29) is 70.4 Å². The maximum absolute atomic E-state index is 14.7. The molecule has 0 radical (unpaired) electrons. The number of carboxylic acid groups (broad SMARTS) is 3. The predicted octanol–water partition coefficient (Wildman–Crippen LogP) is -5.08. The van der Waals surface area contributed by atoms with E-state index in [9.17, 15) is 72.9 Å². The molecule has 448 valence electrons. The molecule has 4 rings (SSSR count). The summed E-state index contributed by atoms with van der Waals surface area (Å²) in [6.45, 7) is 2.19. The first-order valence-electron chi connectivity index (χ1n) is 26.1. The molecule has 32 heteroatoms. The van der Waals surface area contributed by atoms with Gasteiger partial charge >= 0.3 is 17.9 Å². The molecule has 0 unspecified atom stereocenters. The monoisotopic (exact) mass is 1150 g/mol. The maximum atomic E-state index is 14.7. The van der Waals surface area contributed by atoms with Crippen molar-refractivity contribution in [2.75, 3.05) is 13.1 Å². The van der Waals surface area contributed by atoms with Crippen LogP contribution in [0.25, 0.3) is 10.9 Å². The van der Waals surface area contributed by atoms with Crippen molar-refractivity contribution in [3.63, 3.8) is 0 Å². The van der Waals surface area contributed by atoms with Gasteiger partial charge in [-0.15, -0.1) is 0 Å². The number of benzene rings is 1.